The van der Waals surface area contributed by atoms with Crippen LogP contribution in [0.15, 0.2) is 48.8 Å². The zero-order valence-corrected chi connectivity index (χ0v) is 29.0. The van der Waals surface area contributed by atoms with Crippen LogP contribution in [0.25, 0.3) is 0 Å². The number of hydrogen-bond acceptors (Lipinski definition) is 9. The monoisotopic (exact) mass is 719 g/mol. The number of halogens is 3. The maximum absolute atomic E-state index is 14.7. The Kier molecular flexibility index (Phi) is 9.21. The van der Waals surface area contributed by atoms with Gasteiger partial charge in [0.25, 0.3) is 5.91 Å². The number of amides is 2. The Balaban J connectivity index is 1.01. The molecule has 2 unspecified atom stereocenters. The molecule has 8 rings (SSSR count). The molecular weight excluding hydrogens is 675 g/mol. The predicted molar refractivity (Wildman–Crippen MR) is 186 cm³/mol. The molecule has 52 heavy (non-hydrogen) atoms. The van der Waals surface area contributed by atoms with E-state index in [1.165, 1.54) is 12.1 Å². The number of rotatable bonds is 7. The van der Waals surface area contributed by atoms with Gasteiger partial charge in [0.1, 0.15) is 17.7 Å². The van der Waals surface area contributed by atoms with Gasteiger partial charge in [-0.3, -0.25) is 9.59 Å². The van der Waals surface area contributed by atoms with Crippen LogP contribution in [0.3, 0.4) is 0 Å². The van der Waals surface area contributed by atoms with Crippen molar-refractivity contribution in [3.63, 3.8) is 0 Å². The van der Waals surface area contributed by atoms with Gasteiger partial charge >= 0.3 is 6.18 Å². The summed E-state index contributed by atoms with van der Waals surface area (Å²) in [5.41, 5.74) is 5.33. The highest BCUT2D eigenvalue weighted by Crippen LogP contribution is 2.51. The second-order valence-corrected chi connectivity index (χ2v) is 15.3. The quantitative estimate of drug-likeness (QED) is 0.322. The van der Waals surface area contributed by atoms with Crippen molar-refractivity contribution in [1.82, 2.24) is 20.3 Å². The summed E-state index contributed by atoms with van der Waals surface area (Å²) >= 11 is 0. The van der Waals surface area contributed by atoms with E-state index in [-0.39, 0.29) is 47.0 Å². The van der Waals surface area contributed by atoms with Crippen molar-refractivity contribution in [3.05, 3.63) is 65.6 Å². The SMILES string of the molecule is NC(=O)C1CC2CC(CC(NC(=O)c3ccc(N4CC5(CCOCC5)c5cc(OC6CCN(c7ncccn7)CC6)ccc54)nc3C(F)(F)F)C2)C1. The first kappa shape index (κ1) is 34.6. The average molecular weight is 720 g/mol. The number of nitrogens with one attached hydrogen (secondary N) is 1. The molecule has 4 fully saturated rings. The number of ether oxygens (including phenoxy) is 2. The van der Waals surface area contributed by atoms with Crippen LogP contribution in [0, 0.1) is 17.8 Å². The molecule has 5 heterocycles. The van der Waals surface area contributed by atoms with Crippen molar-refractivity contribution in [2.75, 3.05) is 42.6 Å². The van der Waals surface area contributed by atoms with Crippen LogP contribution in [0.2, 0.25) is 0 Å². The van der Waals surface area contributed by atoms with E-state index < -0.39 is 23.3 Å². The summed E-state index contributed by atoms with van der Waals surface area (Å²) in [5, 5.41) is 2.88. The molecule has 276 valence electrons. The number of nitrogens with zero attached hydrogens (tertiary/aromatic N) is 5. The fourth-order valence-electron chi connectivity index (χ4n) is 9.40. The van der Waals surface area contributed by atoms with Crippen LogP contribution in [0.5, 0.6) is 5.75 Å². The number of piperidine rings is 1. The fourth-order valence-corrected chi connectivity index (χ4v) is 9.40. The number of carbonyl (C=O) groups is 2. The van der Waals surface area contributed by atoms with Gasteiger partial charge in [-0.2, -0.15) is 13.2 Å². The van der Waals surface area contributed by atoms with Gasteiger partial charge in [0.05, 0.1) is 5.56 Å². The number of benzene rings is 1. The maximum atomic E-state index is 14.7. The molecule has 2 saturated carbocycles. The number of anilines is 3. The topological polar surface area (TPSA) is 136 Å². The van der Waals surface area contributed by atoms with Gasteiger partial charge in [0.2, 0.25) is 11.9 Å². The molecule has 2 bridgehead atoms. The minimum absolute atomic E-state index is 0.0103. The number of alkyl halides is 3. The van der Waals surface area contributed by atoms with Crippen molar-refractivity contribution in [2.24, 2.45) is 23.5 Å². The third-order valence-electron chi connectivity index (χ3n) is 11.9. The first-order valence-corrected chi connectivity index (χ1v) is 18.4. The van der Waals surface area contributed by atoms with Crippen LogP contribution in [0.1, 0.15) is 79.4 Å². The summed E-state index contributed by atoms with van der Waals surface area (Å²) in [7, 11) is 0. The molecule has 1 spiro atoms. The number of fused-ring (bicyclic) bond motifs is 4. The normalized spacial score (nSPS) is 25.8. The molecule has 11 nitrogen and oxygen atoms in total. The van der Waals surface area contributed by atoms with Crippen LogP contribution < -0.4 is 25.6 Å². The highest BCUT2D eigenvalue weighted by Gasteiger charge is 2.46. The second-order valence-electron chi connectivity index (χ2n) is 15.3. The summed E-state index contributed by atoms with van der Waals surface area (Å²) in [6.07, 6.45) is 5.17. The van der Waals surface area contributed by atoms with E-state index in [1.807, 2.05) is 23.1 Å². The van der Waals surface area contributed by atoms with Crippen molar-refractivity contribution in [1.29, 1.82) is 0 Å². The van der Waals surface area contributed by atoms with E-state index in [2.05, 4.69) is 25.2 Å². The lowest BCUT2D eigenvalue weighted by molar-refractivity contribution is -0.141. The molecule has 2 amide bonds. The van der Waals surface area contributed by atoms with E-state index in [0.29, 0.717) is 64.2 Å². The third-order valence-corrected chi connectivity index (χ3v) is 11.9. The van der Waals surface area contributed by atoms with E-state index >= 15 is 0 Å². The number of nitrogens with two attached hydrogens (primary N) is 1. The van der Waals surface area contributed by atoms with Crippen LogP contribution in [-0.4, -0.2) is 71.8 Å². The third kappa shape index (κ3) is 6.89. The molecule has 2 aliphatic carbocycles. The van der Waals surface area contributed by atoms with Crippen LogP contribution >= 0.6 is 0 Å². The van der Waals surface area contributed by atoms with Crippen molar-refractivity contribution < 1.29 is 32.2 Å². The Hall–Kier alpha value is -4.46. The Morgan fingerprint density at radius 3 is 2.35 bits per heavy atom. The molecule has 3 aromatic rings. The van der Waals surface area contributed by atoms with Crippen molar-refractivity contribution in [2.45, 2.75) is 81.5 Å². The van der Waals surface area contributed by atoms with Gasteiger partial charge < -0.3 is 30.3 Å². The molecule has 2 saturated heterocycles. The number of pyridine rings is 1. The Bertz CT molecular complexity index is 1780. The smallest absolute Gasteiger partial charge is 0.434 e. The Labute approximate surface area is 300 Å². The van der Waals surface area contributed by atoms with Crippen molar-refractivity contribution in [3.8, 4) is 5.75 Å². The molecule has 2 atom stereocenters. The minimum Gasteiger partial charge on any atom is -0.490 e. The molecule has 2 aromatic heterocycles. The van der Waals surface area contributed by atoms with Gasteiger partial charge in [-0.25, -0.2) is 15.0 Å². The number of carbonyl (C=O) groups excluding carboxylic acids is 2. The average Bonchev–Trinajstić information content (AvgIpc) is 3.43. The van der Waals surface area contributed by atoms with E-state index in [1.54, 1.807) is 18.5 Å². The van der Waals surface area contributed by atoms with Crippen LogP contribution in [-0.2, 0) is 21.1 Å². The second kappa shape index (κ2) is 13.8. The van der Waals surface area contributed by atoms with Gasteiger partial charge in [-0.15, -0.1) is 0 Å². The predicted octanol–water partition coefficient (Wildman–Crippen LogP) is 5.55. The van der Waals surface area contributed by atoms with Gasteiger partial charge in [0.15, 0.2) is 5.69 Å². The highest BCUT2D eigenvalue weighted by atomic mass is 19.4. The molecule has 3 N–H and O–H groups in total. The van der Waals surface area contributed by atoms with Crippen LogP contribution in [0.4, 0.5) is 30.6 Å². The molecule has 0 radical (unpaired) electrons. The van der Waals surface area contributed by atoms with Gasteiger partial charge in [-0.1, -0.05) is 0 Å². The Morgan fingerprint density at radius 1 is 0.962 bits per heavy atom. The zero-order chi connectivity index (χ0) is 36.0. The molecule has 5 aliphatic rings. The number of primary amides is 1. The van der Waals surface area contributed by atoms with Gasteiger partial charge in [-0.05, 0) is 98.7 Å². The lowest BCUT2D eigenvalue weighted by Crippen LogP contribution is -2.45. The molecular formula is C38H44F3N7O4. The van der Waals surface area contributed by atoms with Crippen molar-refractivity contribution >= 4 is 29.3 Å². The van der Waals surface area contributed by atoms with Gasteiger partial charge in [0, 0.05) is 81.1 Å². The summed E-state index contributed by atoms with van der Waals surface area (Å²) in [4.78, 5) is 42.1. The lowest BCUT2D eigenvalue weighted by Gasteiger charge is -2.41. The van der Waals surface area contributed by atoms with E-state index in [9.17, 15) is 22.8 Å². The fraction of sp³-hybridized carbons (Fsp3) is 0.553. The lowest BCUT2D eigenvalue weighted by atomic mass is 9.66. The minimum atomic E-state index is -4.85. The molecule has 3 aliphatic heterocycles. The zero-order valence-electron chi connectivity index (χ0n) is 29.0. The largest absolute Gasteiger partial charge is 0.490 e. The highest BCUT2D eigenvalue weighted by molar-refractivity contribution is 5.96. The van der Waals surface area contributed by atoms with E-state index in [4.69, 9.17) is 15.2 Å². The molecule has 14 heteroatoms. The summed E-state index contributed by atoms with van der Waals surface area (Å²) < 4.78 is 56.2. The standard InChI is InChI=1S/C38H44F3N7O4/c39-38(40,41)33-29(35(50)45-26-19-23-16-24(20-26)18-25(17-23)34(42)49)3-5-32(46-33)48-22-37(8-14-51-15-9-37)30-21-28(2-4-31(30)48)52-27-6-12-47(13-7-27)36-43-10-1-11-44-36/h1-5,10-11,21,23-27H,6-9,12-20,22H2,(H2,42,49)(H,45,50). The first-order chi connectivity index (χ1) is 25.0. The number of hydrogen-bond donors (Lipinski definition) is 2. The summed E-state index contributed by atoms with van der Waals surface area (Å²) in [5.74, 6) is 0.734. The molecule has 1 aromatic carbocycles. The number of aromatic nitrogens is 3. The summed E-state index contributed by atoms with van der Waals surface area (Å²) in [6, 6.07) is 10.2. The van der Waals surface area contributed by atoms with E-state index in [0.717, 1.165) is 49.4 Å². The maximum Gasteiger partial charge on any atom is 0.434 e. The Morgan fingerprint density at radius 2 is 1.67 bits per heavy atom. The first-order valence-electron chi connectivity index (χ1n) is 18.4. The summed E-state index contributed by atoms with van der Waals surface area (Å²) in [6.45, 7) is 3.08.